The lowest BCUT2D eigenvalue weighted by molar-refractivity contribution is 0.278. The predicted molar refractivity (Wildman–Crippen MR) is 64.0 cm³/mol. The molecule has 0 radical (unpaired) electrons. The Balaban J connectivity index is 1.92. The number of nitrogens with two attached hydrogens (primary N) is 1. The third kappa shape index (κ3) is 2.33. The van der Waals surface area contributed by atoms with Crippen LogP contribution in [0, 0.1) is 11.8 Å². The average Bonchev–Trinajstić information content (AvgIpc) is 2.61. The van der Waals surface area contributed by atoms with Crippen molar-refractivity contribution in [1.29, 1.82) is 0 Å². The molecule has 1 fully saturated rings. The number of hydrogen-bond donors (Lipinski definition) is 2. The van der Waals surface area contributed by atoms with Crippen LogP contribution in [0.4, 0.5) is 0 Å². The summed E-state index contributed by atoms with van der Waals surface area (Å²) in [6.07, 6.45) is 5.01. The van der Waals surface area contributed by atoms with Gasteiger partial charge in [0.05, 0.1) is 11.9 Å². The number of nitrogens with one attached hydrogen (secondary N) is 1. The summed E-state index contributed by atoms with van der Waals surface area (Å²) in [4.78, 5) is 4.78. The number of nitrogens with zero attached hydrogens (tertiary/aromatic N) is 1. The highest BCUT2D eigenvalue weighted by Crippen LogP contribution is 2.31. The SMILES string of the molecule is CC(C)C1=NC2CCC(CCN)CC2N1. The summed E-state index contributed by atoms with van der Waals surface area (Å²) < 4.78 is 0. The highest BCUT2D eigenvalue weighted by molar-refractivity contribution is 5.86. The Labute approximate surface area is 92.5 Å². The minimum atomic E-state index is 0.545. The van der Waals surface area contributed by atoms with E-state index in [-0.39, 0.29) is 0 Å². The van der Waals surface area contributed by atoms with E-state index in [0.29, 0.717) is 18.0 Å². The lowest BCUT2D eigenvalue weighted by Gasteiger charge is -2.30. The van der Waals surface area contributed by atoms with Crippen molar-refractivity contribution in [2.75, 3.05) is 6.54 Å². The Morgan fingerprint density at radius 2 is 2.27 bits per heavy atom. The van der Waals surface area contributed by atoms with Gasteiger partial charge >= 0.3 is 0 Å². The molecular weight excluding hydrogens is 186 g/mol. The first-order valence-corrected chi connectivity index (χ1v) is 6.25. The van der Waals surface area contributed by atoms with Crippen LogP contribution in [-0.2, 0) is 0 Å². The van der Waals surface area contributed by atoms with E-state index < -0.39 is 0 Å². The van der Waals surface area contributed by atoms with E-state index in [1.54, 1.807) is 0 Å². The van der Waals surface area contributed by atoms with Gasteiger partial charge in [-0.2, -0.15) is 0 Å². The van der Waals surface area contributed by atoms with Crippen molar-refractivity contribution in [3.63, 3.8) is 0 Å². The minimum absolute atomic E-state index is 0.545. The number of rotatable bonds is 3. The molecule has 0 bridgehead atoms. The standard InChI is InChI=1S/C12H23N3/c1-8(2)12-14-10-4-3-9(5-6-13)7-11(10)15-12/h8-11H,3-7,13H2,1-2H3,(H,14,15). The maximum absolute atomic E-state index is 5.62. The zero-order chi connectivity index (χ0) is 10.8. The molecule has 0 aromatic rings. The lowest BCUT2D eigenvalue weighted by Crippen LogP contribution is -2.41. The summed E-state index contributed by atoms with van der Waals surface area (Å²) in [6.45, 7) is 5.25. The van der Waals surface area contributed by atoms with Crippen LogP contribution in [0.5, 0.6) is 0 Å². The van der Waals surface area contributed by atoms with E-state index in [4.69, 9.17) is 10.7 Å². The molecule has 0 aromatic heterocycles. The lowest BCUT2D eigenvalue weighted by atomic mass is 9.81. The zero-order valence-electron chi connectivity index (χ0n) is 9.87. The fourth-order valence-electron chi connectivity index (χ4n) is 2.77. The van der Waals surface area contributed by atoms with Crippen molar-refractivity contribution in [1.82, 2.24) is 5.32 Å². The molecule has 0 amide bonds. The molecule has 0 saturated heterocycles. The first-order valence-electron chi connectivity index (χ1n) is 6.25. The summed E-state index contributed by atoms with van der Waals surface area (Å²) in [5.74, 6) is 2.59. The maximum atomic E-state index is 5.62. The first-order chi connectivity index (χ1) is 7.20. The summed E-state index contributed by atoms with van der Waals surface area (Å²) in [5, 5.41) is 3.59. The summed E-state index contributed by atoms with van der Waals surface area (Å²) in [5.41, 5.74) is 5.62. The molecule has 0 spiro atoms. The normalized spacial score (nSPS) is 34.9. The minimum Gasteiger partial charge on any atom is -0.369 e. The molecule has 86 valence electrons. The van der Waals surface area contributed by atoms with E-state index in [1.165, 1.54) is 31.5 Å². The average molecular weight is 209 g/mol. The van der Waals surface area contributed by atoms with E-state index in [2.05, 4.69) is 19.2 Å². The number of amidine groups is 1. The number of fused-ring (bicyclic) bond motifs is 1. The Hall–Kier alpha value is -0.570. The van der Waals surface area contributed by atoms with Gasteiger partial charge in [-0.05, 0) is 38.1 Å². The van der Waals surface area contributed by atoms with Crippen molar-refractivity contribution in [2.45, 2.75) is 51.6 Å². The maximum Gasteiger partial charge on any atom is 0.0996 e. The van der Waals surface area contributed by atoms with E-state index >= 15 is 0 Å². The van der Waals surface area contributed by atoms with Crippen LogP contribution in [0.3, 0.4) is 0 Å². The molecule has 3 unspecified atom stereocenters. The fourth-order valence-corrected chi connectivity index (χ4v) is 2.77. The van der Waals surface area contributed by atoms with Gasteiger partial charge in [0, 0.05) is 12.0 Å². The van der Waals surface area contributed by atoms with Crippen LogP contribution in [0.15, 0.2) is 4.99 Å². The van der Waals surface area contributed by atoms with Crippen molar-refractivity contribution in [3.05, 3.63) is 0 Å². The zero-order valence-corrected chi connectivity index (χ0v) is 9.87. The van der Waals surface area contributed by atoms with Gasteiger partial charge in [-0.3, -0.25) is 4.99 Å². The van der Waals surface area contributed by atoms with Crippen LogP contribution in [0.2, 0.25) is 0 Å². The highest BCUT2D eigenvalue weighted by atomic mass is 15.1. The Kier molecular flexibility index (Phi) is 3.29. The molecule has 2 rings (SSSR count). The molecule has 1 saturated carbocycles. The van der Waals surface area contributed by atoms with Crippen molar-refractivity contribution >= 4 is 5.84 Å². The number of hydrogen-bond acceptors (Lipinski definition) is 3. The van der Waals surface area contributed by atoms with Crippen molar-refractivity contribution in [2.24, 2.45) is 22.6 Å². The van der Waals surface area contributed by atoms with Crippen LogP contribution < -0.4 is 11.1 Å². The molecule has 1 heterocycles. The van der Waals surface area contributed by atoms with Gasteiger partial charge < -0.3 is 11.1 Å². The fraction of sp³-hybridized carbons (Fsp3) is 0.917. The molecule has 3 heteroatoms. The molecular formula is C12H23N3. The third-order valence-corrected chi connectivity index (χ3v) is 3.68. The molecule has 0 aromatic carbocycles. The molecule has 1 aliphatic heterocycles. The quantitative estimate of drug-likeness (QED) is 0.740. The van der Waals surface area contributed by atoms with Crippen molar-refractivity contribution < 1.29 is 0 Å². The molecule has 1 aliphatic carbocycles. The van der Waals surface area contributed by atoms with E-state index in [1.807, 2.05) is 0 Å². The van der Waals surface area contributed by atoms with E-state index in [9.17, 15) is 0 Å². The van der Waals surface area contributed by atoms with Gasteiger partial charge in [0.15, 0.2) is 0 Å². The highest BCUT2D eigenvalue weighted by Gasteiger charge is 2.34. The van der Waals surface area contributed by atoms with Gasteiger partial charge in [0.1, 0.15) is 0 Å². The Morgan fingerprint density at radius 3 is 2.93 bits per heavy atom. The molecule has 2 aliphatic rings. The first kappa shape index (κ1) is 10.9. The summed E-state index contributed by atoms with van der Waals surface area (Å²) >= 11 is 0. The largest absolute Gasteiger partial charge is 0.369 e. The van der Waals surface area contributed by atoms with Gasteiger partial charge in [0.2, 0.25) is 0 Å². The van der Waals surface area contributed by atoms with Crippen LogP contribution in [0.25, 0.3) is 0 Å². The summed E-state index contributed by atoms with van der Waals surface area (Å²) in [6, 6.07) is 1.16. The second-order valence-corrected chi connectivity index (χ2v) is 5.24. The molecule has 3 nitrogen and oxygen atoms in total. The number of aliphatic imine (C=N–C) groups is 1. The smallest absolute Gasteiger partial charge is 0.0996 e. The van der Waals surface area contributed by atoms with Crippen molar-refractivity contribution in [3.8, 4) is 0 Å². The molecule has 3 atom stereocenters. The second-order valence-electron chi connectivity index (χ2n) is 5.24. The molecule has 15 heavy (non-hydrogen) atoms. The third-order valence-electron chi connectivity index (χ3n) is 3.68. The van der Waals surface area contributed by atoms with Gasteiger partial charge in [-0.1, -0.05) is 13.8 Å². The van der Waals surface area contributed by atoms with E-state index in [0.717, 1.165) is 12.5 Å². The van der Waals surface area contributed by atoms with Gasteiger partial charge in [0.25, 0.3) is 0 Å². The topological polar surface area (TPSA) is 50.4 Å². The Bertz CT molecular complexity index is 247. The van der Waals surface area contributed by atoms with Crippen LogP contribution in [-0.4, -0.2) is 24.5 Å². The van der Waals surface area contributed by atoms with Crippen LogP contribution >= 0.6 is 0 Å². The summed E-state index contributed by atoms with van der Waals surface area (Å²) in [7, 11) is 0. The predicted octanol–water partition coefficient (Wildman–Crippen LogP) is 1.53. The van der Waals surface area contributed by atoms with Gasteiger partial charge in [-0.25, -0.2) is 0 Å². The van der Waals surface area contributed by atoms with Crippen LogP contribution in [0.1, 0.15) is 39.5 Å². The van der Waals surface area contributed by atoms with Gasteiger partial charge in [-0.15, -0.1) is 0 Å². The molecule has 3 N–H and O–H groups in total. The Morgan fingerprint density at radius 1 is 1.47 bits per heavy atom. The monoisotopic (exact) mass is 209 g/mol. The second kappa shape index (κ2) is 4.52.